The minimum atomic E-state index is -0.501. The van der Waals surface area contributed by atoms with Gasteiger partial charge in [0.1, 0.15) is 5.75 Å². The van der Waals surface area contributed by atoms with Crippen molar-refractivity contribution >= 4 is 17.3 Å². The number of carbonyl (C=O) groups is 1. The zero-order valence-electron chi connectivity index (χ0n) is 12.3. The van der Waals surface area contributed by atoms with Crippen LogP contribution in [0.2, 0.25) is 0 Å². The molecule has 0 radical (unpaired) electrons. The van der Waals surface area contributed by atoms with Crippen LogP contribution in [0.1, 0.15) is 11.1 Å². The first kappa shape index (κ1) is 15.5. The van der Waals surface area contributed by atoms with Gasteiger partial charge in [-0.3, -0.25) is 14.9 Å². The van der Waals surface area contributed by atoms with Crippen molar-refractivity contribution in [2.45, 2.75) is 13.8 Å². The Morgan fingerprint density at radius 1 is 1.18 bits per heavy atom. The Kier molecular flexibility index (Phi) is 4.73. The quantitative estimate of drug-likeness (QED) is 0.679. The standard InChI is InChI=1S/C16H16N2O4/c1-11-3-6-13(7-4-11)17-16(19)10-22-15-9-14(18(20)21)8-5-12(15)2/h3-9H,10H2,1-2H3,(H,17,19). The van der Waals surface area contributed by atoms with Gasteiger partial charge < -0.3 is 10.1 Å². The predicted octanol–water partition coefficient (Wildman–Crippen LogP) is 3.23. The first-order valence-electron chi connectivity index (χ1n) is 6.70. The molecule has 0 heterocycles. The fourth-order valence-corrected chi connectivity index (χ4v) is 1.84. The van der Waals surface area contributed by atoms with Crippen LogP contribution in [0.5, 0.6) is 5.75 Å². The van der Waals surface area contributed by atoms with Gasteiger partial charge in [-0.1, -0.05) is 17.7 Å². The van der Waals surface area contributed by atoms with Crippen molar-refractivity contribution in [1.29, 1.82) is 0 Å². The van der Waals surface area contributed by atoms with Crippen LogP contribution in [-0.2, 0) is 4.79 Å². The molecule has 0 fully saturated rings. The lowest BCUT2D eigenvalue weighted by atomic mass is 10.2. The van der Waals surface area contributed by atoms with Crippen LogP contribution in [0.25, 0.3) is 0 Å². The lowest BCUT2D eigenvalue weighted by Crippen LogP contribution is -2.20. The number of aryl methyl sites for hydroxylation is 2. The fraction of sp³-hybridized carbons (Fsp3) is 0.188. The molecule has 6 heteroatoms. The lowest BCUT2D eigenvalue weighted by Gasteiger charge is -2.09. The van der Waals surface area contributed by atoms with Crippen molar-refractivity contribution in [3.63, 3.8) is 0 Å². The molecule has 2 aromatic carbocycles. The molecule has 0 saturated carbocycles. The molecular formula is C16H16N2O4. The molecule has 6 nitrogen and oxygen atoms in total. The van der Waals surface area contributed by atoms with Crippen LogP contribution >= 0.6 is 0 Å². The molecule has 0 spiro atoms. The second-order valence-corrected chi connectivity index (χ2v) is 4.91. The second kappa shape index (κ2) is 6.71. The van der Waals surface area contributed by atoms with E-state index in [0.29, 0.717) is 11.4 Å². The van der Waals surface area contributed by atoms with Gasteiger partial charge in [-0.2, -0.15) is 0 Å². The number of nitrogens with one attached hydrogen (secondary N) is 1. The van der Waals surface area contributed by atoms with Crippen LogP contribution in [0.15, 0.2) is 42.5 Å². The highest BCUT2D eigenvalue weighted by Gasteiger charge is 2.11. The molecule has 1 amide bonds. The number of benzene rings is 2. The van der Waals surface area contributed by atoms with Crippen LogP contribution in [0, 0.1) is 24.0 Å². The summed E-state index contributed by atoms with van der Waals surface area (Å²) in [6.07, 6.45) is 0. The molecule has 0 saturated heterocycles. The third-order valence-electron chi connectivity index (χ3n) is 3.08. The van der Waals surface area contributed by atoms with Crippen LogP contribution in [0.4, 0.5) is 11.4 Å². The molecular weight excluding hydrogens is 284 g/mol. The summed E-state index contributed by atoms with van der Waals surface area (Å²) in [6, 6.07) is 11.7. The number of carbonyl (C=O) groups excluding carboxylic acids is 1. The normalized spacial score (nSPS) is 10.1. The number of non-ortho nitro benzene ring substituents is 1. The third-order valence-corrected chi connectivity index (χ3v) is 3.08. The summed E-state index contributed by atoms with van der Waals surface area (Å²) in [6.45, 7) is 3.51. The van der Waals surface area contributed by atoms with Crippen LogP contribution < -0.4 is 10.1 Å². The van der Waals surface area contributed by atoms with E-state index in [1.807, 2.05) is 19.1 Å². The van der Waals surface area contributed by atoms with Crippen molar-refractivity contribution in [3.05, 3.63) is 63.7 Å². The molecule has 114 valence electrons. The van der Waals surface area contributed by atoms with E-state index in [4.69, 9.17) is 4.74 Å². The van der Waals surface area contributed by atoms with Gasteiger partial charge >= 0.3 is 0 Å². The van der Waals surface area contributed by atoms with Crippen molar-refractivity contribution in [1.82, 2.24) is 0 Å². The molecule has 1 N–H and O–H groups in total. The van der Waals surface area contributed by atoms with Gasteiger partial charge in [0.05, 0.1) is 11.0 Å². The Morgan fingerprint density at radius 3 is 2.50 bits per heavy atom. The minimum absolute atomic E-state index is 0.0699. The Balaban J connectivity index is 1.97. The van der Waals surface area contributed by atoms with Crippen LogP contribution in [-0.4, -0.2) is 17.4 Å². The summed E-state index contributed by atoms with van der Waals surface area (Å²) in [5.41, 5.74) is 2.43. The largest absolute Gasteiger partial charge is 0.483 e. The van der Waals surface area contributed by atoms with Gasteiger partial charge in [-0.25, -0.2) is 0 Å². The Labute approximate surface area is 127 Å². The second-order valence-electron chi connectivity index (χ2n) is 4.91. The molecule has 0 aliphatic carbocycles. The molecule has 22 heavy (non-hydrogen) atoms. The third kappa shape index (κ3) is 4.05. The minimum Gasteiger partial charge on any atom is -0.483 e. The van der Waals surface area contributed by atoms with E-state index < -0.39 is 4.92 Å². The summed E-state index contributed by atoms with van der Waals surface area (Å²) in [4.78, 5) is 22.1. The number of amides is 1. The number of hydrogen-bond acceptors (Lipinski definition) is 4. The van der Waals surface area contributed by atoms with Crippen molar-refractivity contribution in [2.75, 3.05) is 11.9 Å². The number of ether oxygens (including phenoxy) is 1. The lowest BCUT2D eigenvalue weighted by molar-refractivity contribution is -0.384. The van der Waals surface area contributed by atoms with E-state index in [1.54, 1.807) is 25.1 Å². The average molecular weight is 300 g/mol. The molecule has 2 aromatic rings. The summed E-state index contributed by atoms with van der Waals surface area (Å²) < 4.78 is 5.37. The van der Waals surface area contributed by atoms with Gasteiger partial charge in [0, 0.05) is 11.8 Å². The number of nitro groups is 1. The van der Waals surface area contributed by atoms with E-state index in [2.05, 4.69) is 5.32 Å². The number of nitro benzene ring substituents is 1. The fourth-order valence-electron chi connectivity index (χ4n) is 1.84. The van der Waals surface area contributed by atoms with Gasteiger partial charge in [-0.15, -0.1) is 0 Å². The summed E-state index contributed by atoms with van der Waals surface area (Å²) in [5.74, 6) is 0.00279. The SMILES string of the molecule is Cc1ccc(NC(=O)COc2cc([N+](=O)[O-])ccc2C)cc1. The average Bonchev–Trinajstić information content (AvgIpc) is 2.48. The summed E-state index contributed by atoms with van der Waals surface area (Å²) >= 11 is 0. The highest BCUT2D eigenvalue weighted by atomic mass is 16.6. The summed E-state index contributed by atoms with van der Waals surface area (Å²) in [7, 11) is 0. The predicted molar refractivity (Wildman–Crippen MR) is 83.1 cm³/mol. The molecule has 0 aromatic heterocycles. The number of hydrogen-bond donors (Lipinski definition) is 1. The highest BCUT2D eigenvalue weighted by molar-refractivity contribution is 5.91. The maximum atomic E-state index is 11.8. The molecule has 0 aliphatic heterocycles. The van der Waals surface area contributed by atoms with Gasteiger partial charge in [-0.05, 0) is 37.6 Å². The molecule has 0 atom stereocenters. The maximum absolute atomic E-state index is 11.8. The highest BCUT2D eigenvalue weighted by Crippen LogP contribution is 2.24. The zero-order chi connectivity index (χ0) is 16.1. The first-order valence-corrected chi connectivity index (χ1v) is 6.70. The molecule has 0 unspecified atom stereocenters. The van der Waals surface area contributed by atoms with Gasteiger partial charge in [0.2, 0.25) is 0 Å². The van der Waals surface area contributed by atoms with E-state index >= 15 is 0 Å². The Hall–Kier alpha value is -2.89. The van der Waals surface area contributed by atoms with E-state index in [-0.39, 0.29) is 18.2 Å². The van der Waals surface area contributed by atoms with Crippen molar-refractivity contribution < 1.29 is 14.5 Å². The zero-order valence-corrected chi connectivity index (χ0v) is 12.3. The first-order chi connectivity index (χ1) is 10.5. The molecule has 0 bridgehead atoms. The van der Waals surface area contributed by atoms with Gasteiger partial charge in [0.15, 0.2) is 6.61 Å². The monoisotopic (exact) mass is 300 g/mol. The van der Waals surface area contributed by atoms with E-state index in [9.17, 15) is 14.9 Å². The van der Waals surface area contributed by atoms with E-state index in [1.165, 1.54) is 12.1 Å². The number of anilines is 1. The maximum Gasteiger partial charge on any atom is 0.273 e. The van der Waals surface area contributed by atoms with Crippen LogP contribution in [0.3, 0.4) is 0 Å². The summed E-state index contributed by atoms with van der Waals surface area (Å²) in [5, 5.41) is 13.4. The smallest absolute Gasteiger partial charge is 0.273 e. The topological polar surface area (TPSA) is 81.5 Å². The van der Waals surface area contributed by atoms with E-state index in [0.717, 1.165) is 11.1 Å². The number of nitrogens with zero attached hydrogens (tertiary/aromatic N) is 1. The Bertz CT molecular complexity index is 696. The Morgan fingerprint density at radius 2 is 1.86 bits per heavy atom. The molecule has 0 aliphatic rings. The van der Waals surface area contributed by atoms with Crippen molar-refractivity contribution in [3.8, 4) is 5.75 Å². The molecule has 2 rings (SSSR count). The number of rotatable bonds is 5. The van der Waals surface area contributed by atoms with Gasteiger partial charge in [0.25, 0.3) is 11.6 Å². The van der Waals surface area contributed by atoms with Crippen molar-refractivity contribution in [2.24, 2.45) is 0 Å².